The molecule has 7 heteroatoms. The number of halogens is 1. The zero-order valence-electron chi connectivity index (χ0n) is 15.5. The van der Waals surface area contributed by atoms with Gasteiger partial charge in [0.05, 0.1) is 31.3 Å². The van der Waals surface area contributed by atoms with E-state index in [0.717, 1.165) is 4.31 Å². The first-order valence-electron chi connectivity index (χ1n) is 8.50. The molecule has 28 heavy (non-hydrogen) atoms. The molecular weight excluding hydrogens is 381 g/mol. The van der Waals surface area contributed by atoms with Gasteiger partial charge in [-0.15, -0.1) is 0 Å². The molecular formula is C21H20FNO4S. The number of benzene rings is 3. The fourth-order valence-electron chi connectivity index (χ4n) is 2.79. The second-order valence-electron chi connectivity index (χ2n) is 5.95. The number of rotatable bonds is 7. The molecule has 0 atom stereocenters. The van der Waals surface area contributed by atoms with Crippen LogP contribution in [0, 0.1) is 5.82 Å². The van der Waals surface area contributed by atoms with E-state index >= 15 is 0 Å². The number of hydrogen-bond acceptors (Lipinski definition) is 4. The average molecular weight is 401 g/mol. The molecule has 0 radical (unpaired) electrons. The molecule has 0 aromatic heterocycles. The summed E-state index contributed by atoms with van der Waals surface area (Å²) in [5, 5.41) is 0. The zero-order chi connectivity index (χ0) is 20.1. The molecule has 0 saturated carbocycles. The molecule has 0 aliphatic carbocycles. The predicted molar refractivity (Wildman–Crippen MR) is 106 cm³/mol. The van der Waals surface area contributed by atoms with Crippen molar-refractivity contribution in [1.82, 2.24) is 0 Å². The highest BCUT2D eigenvalue weighted by Gasteiger charge is 2.28. The summed E-state index contributed by atoms with van der Waals surface area (Å²) in [6.07, 6.45) is 0. The van der Waals surface area contributed by atoms with Crippen molar-refractivity contribution in [3.05, 3.63) is 84.2 Å². The summed E-state index contributed by atoms with van der Waals surface area (Å²) in [4.78, 5) is 0.101. The molecule has 0 unspecified atom stereocenters. The third-order valence-electron chi connectivity index (χ3n) is 4.26. The Morgan fingerprint density at radius 1 is 0.893 bits per heavy atom. The van der Waals surface area contributed by atoms with Crippen LogP contribution in [0.3, 0.4) is 0 Å². The summed E-state index contributed by atoms with van der Waals surface area (Å²) in [6.45, 7) is -0.188. The van der Waals surface area contributed by atoms with Crippen LogP contribution in [0.5, 0.6) is 11.5 Å². The molecule has 3 rings (SSSR count). The number of anilines is 1. The summed E-state index contributed by atoms with van der Waals surface area (Å²) < 4.78 is 52.8. The molecule has 3 aromatic carbocycles. The van der Waals surface area contributed by atoms with Gasteiger partial charge < -0.3 is 9.47 Å². The van der Waals surface area contributed by atoms with Crippen molar-refractivity contribution < 1.29 is 22.3 Å². The van der Waals surface area contributed by atoms with E-state index in [4.69, 9.17) is 9.47 Å². The molecule has 0 spiro atoms. The maximum atomic E-state index is 14.3. The number of ether oxygens (including phenoxy) is 2. The number of sulfonamides is 1. The number of methoxy groups -OCH3 is 2. The standard InChI is InChI=1S/C21H20FNO4S/c1-26-17-12-13-20(21(14-17)27-2)23(15-16-8-6-7-11-19(16)22)28(24,25)18-9-4-3-5-10-18/h3-14H,15H2,1-2H3. The minimum atomic E-state index is -3.98. The first-order chi connectivity index (χ1) is 13.5. The molecule has 0 heterocycles. The molecule has 0 saturated heterocycles. The quantitative estimate of drug-likeness (QED) is 0.594. The minimum absolute atomic E-state index is 0.101. The molecule has 3 aromatic rings. The van der Waals surface area contributed by atoms with E-state index in [9.17, 15) is 12.8 Å². The van der Waals surface area contributed by atoms with Crippen molar-refractivity contribution in [1.29, 1.82) is 0 Å². The van der Waals surface area contributed by atoms with E-state index in [2.05, 4.69) is 0 Å². The molecule has 146 valence electrons. The highest BCUT2D eigenvalue weighted by Crippen LogP contribution is 2.36. The molecule has 0 fully saturated rings. The average Bonchev–Trinajstić information content (AvgIpc) is 2.73. The maximum Gasteiger partial charge on any atom is 0.264 e. The van der Waals surface area contributed by atoms with Crippen LogP contribution < -0.4 is 13.8 Å². The van der Waals surface area contributed by atoms with Crippen LogP contribution >= 0.6 is 0 Å². The van der Waals surface area contributed by atoms with E-state index in [1.165, 1.54) is 32.4 Å². The third-order valence-corrected chi connectivity index (χ3v) is 6.03. The van der Waals surface area contributed by atoms with Crippen molar-refractivity contribution in [2.75, 3.05) is 18.5 Å². The Balaban J connectivity index is 2.17. The van der Waals surface area contributed by atoms with Crippen LogP contribution in [0.25, 0.3) is 0 Å². The van der Waals surface area contributed by atoms with E-state index < -0.39 is 15.8 Å². The Hall–Kier alpha value is -3.06. The lowest BCUT2D eigenvalue weighted by atomic mass is 10.2. The van der Waals surface area contributed by atoms with Gasteiger partial charge in [-0.25, -0.2) is 12.8 Å². The molecule has 5 nitrogen and oxygen atoms in total. The lowest BCUT2D eigenvalue weighted by molar-refractivity contribution is 0.394. The van der Waals surface area contributed by atoms with Crippen molar-refractivity contribution in [3.8, 4) is 11.5 Å². The van der Waals surface area contributed by atoms with E-state index in [1.807, 2.05) is 0 Å². The smallest absolute Gasteiger partial charge is 0.264 e. The molecule has 0 aliphatic heterocycles. The van der Waals surface area contributed by atoms with Crippen LogP contribution in [-0.4, -0.2) is 22.6 Å². The fourth-order valence-corrected chi connectivity index (χ4v) is 4.27. The van der Waals surface area contributed by atoms with Crippen LogP contribution in [0.1, 0.15) is 5.56 Å². The van der Waals surface area contributed by atoms with Crippen molar-refractivity contribution in [3.63, 3.8) is 0 Å². The Morgan fingerprint density at radius 2 is 1.57 bits per heavy atom. The highest BCUT2D eigenvalue weighted by molar-refractivity contribution is 7.92. The second-order valence-corrected chi connectivity index (χ2v) is 7.82. The van der Waals surface area contributed by atoms with Gasteiger partial charge in [-0.1, -0.05) is 36.4 Å². The van der Waals surface area contributed by atoms with Crippen molar-refractivity contribution in [2.24, 2.45) is 0 Å². The van der Waals surface area contributed by atoms with Gasteiger partial charge in [0.15, 0.2) is 0 Å². The van der Waals surface area contributed by atoms with Crippen LogP contribution in [0.2, 0.25) is 0 Å². The predicted octanol–water partition coefficient (Wildman–Crippen LogP) is 4.24. The van der Waals surface area contributed by atoms with Gasteiger partial charge in [0.25, 0.3) is 10.0 Å². The van der Waals surface area contributed by atoms with Gasteiger partial charge in [0.1, 0.15) is 17.3 Å². The van der Waals surface area contributed by atoms with Crippen LogP contribution in [0.15, 0.2) is 77.7 Å². The fraction of sp³-hybridized carbons (Fsp3) is 0.143. The van der Waals surface area contributed by atoms with Gasteiger partial charge in [0, 0.05) is 11.6 Å². The Labute approximate surface area is 164 Å². The summed E-state index contributed by atoms with van der Waals surface area (Å²) in [6, 6.07) is 18.9. The third kappa shape index (κ3) is 3.94. The normalized spacial score (nSPS) is 11.1. The van der Waals surface area contributed by atoms with Crippen LogP contribution in [-0.2, 0) is 16.6 Å². The van der Waals surface area contributed by atoms with Gasteiger partial charge in [-0.3, -0.25) is 4.31 Å². The maximum absolute atomic E-state index is 14.3. The van der Waals surface area contributed by atoms with E-state index in [-0.39, 0.29) is 22.7 Å². The van der Waals surface area contributed by atoms with Gasteiger partial charge in [-0.2, -0.15) is 0 Å². The SMILES string of the molecule is COc1ccc(N(Cc2ccccc2F)S(=O)(=O)c2ccccc2)c(OC)c1. The first-order valence-corrected chi connectivity index (χ1v) is 9.94. The van der Waals surface area contributed by atoms with Crippen molar-refractivity contribution in [2.45, 2.75) is 11.4 Å². The first kappa shape index (κ1) is 19.7. The number of hydrogen-bond donors (Lipinski definition) is 0. The molecule has 0 N–H and O–H groups in total. The lowest BCUT2D eigenvalue weighted by Gasteiger charge is -2.26. The summed E-state index contributed by atoms with van der Waals surface area (Å²) in [5.74, 6) is 0.335. The van der Waals surface area contributed by atoms with Crippen LogP contribution in [0.4, 0.5) is 10.1 Å². The summed E-state index contributed by atoms with van der Waals surface area (Å²) >= 11 is 0. The molecule has 0 aliphatic rings. The topological polar surface area (TPSA) is 55.8 Å². The summed E-state index contributed by atoms with van der Waals surface area (Å²) in [5.41, 5.74) is 0.537. The van der Waals surface area contributed by atoms with Gasteiger partial charge in [-0.05, 0) is 30.3 Å². The summed E-state index contributed by atoms with van der Waals surface area (Å²) in [7, 11) is -1.03. The lowest BCUT2D eigenvalue weighted by Crippen LogP contribution is -2.31. The molecule has 0 bridgehead atoms. The van der Waals surface area contributed by atoms with E-state index in [0.29, 0.717) is 11.5 Å². The Morgan fingerprint density at radius 3 is 2.21 bits per heavy atom. The monoisotopic (exact) mass is 401 g/mol. The largest absolute Gasteiger partial charge is 0.497 e. The Kier molecular flexibility index (Phi) is 5.84. The van der Waals surface area contributed by atoms with Crippen molar-refractivity contribution >= 4 is 15.7 Å². The Bertz CT molecular complexity index is 1060. The van der Waals surface area contributed by atoms with Gasteiger partial charge >= 0.3 is 0 Å². The molecule has 0 amide bonds. The highest BCUT2D eigenvalue weighted by atomic mass is 32.2. The van der Waals surface area contributed by atoms with E-state index in [1.54, 1.807) is 54.6 Å². The number of nitrogens with zero attached hydrogens (tertiary/aromatic N) is 1. The second kappa shape index (κ2) is 8.31. The zero-order valence-corrected chi connectivity index (χ0v) is 16.3. The minimum Gasteiger partial charge on any atom is -0.497 e. The van der Waals surface area contributed by atoms with Gasteiger partial charge in [0.2, 0.25) is 0 Å².